The third kappa shape index (κ3) is 4.23. The number of halogens is 3. The predicted molar refractivity (Wildman–Crippen MR) is 22.2 cm³/mol. The lowest BCUT2D eigenvalue weighted by Gasteiger charge is -2.12. The highest BCUT2D eigenvalue weighted by Gasteiger charge is 2.32. The van der Waals surface area contributed by atoms with E-state index in [2.05, 4.69) is 4.74 Å². The van der Waals surface area contributed by atoms with Crippen LogP contribution in [0.3, 0.4) is 0 Å². The van der Waals surface area contributed by atoms with Crippen LogP contribution >= 0.6 is 0 Å². The molecular formula is C4H6F3O2. The molecule has 5 heteroatoms. The summed E-state index contributed by atoms with van der Waals surface area (Å²) in [5.74, 6) is 0. The highest BCUT2D eigenvalue weighted by molar-refractivity contribution is 4.47. The molecule has 0 aromatic heterocycles. The van der Waals surface area contributed by atoms with Crippen molar-refractivity contribution in [2.45, 2.75) is 19.3 Å². The van der Waals surface area contributed by atoms with E-state index >= 15 is 0 Å². The molecule has 2 nitrogen and oxygen atoms in total. The van der Waals surface area contributed by atoms with E-state index < -0.39 is 19.1 Å². The summed E-state index contributed by atoms with van der Waals surface area (Å²) in [5.41, 5.74) is 0. The lowest BCUT2D eigenvalue weighted by molar-refractivity contribution is -0.317. The van der Waals surface area contributed by atoms with Gasteiger partial charge in [-0.15, -0.1) is 0 Å². The summed E-state index contributed by atoms with van der Waals surface area (Å²) in [7, 11) is 0. The maximum Gasteiger partial charge on any atom is 0.386 e. The minimum Gasteiger partial charge on any atom is -0.286 e. The molecular weight excluding hydrogens is 137 g/mol. The average molecular weight is 143 g/mol. The van der Waals surface area contributed by atoms with Crippen LogP contribution in [-0.2, 0) is 9.84 Å². The van der Waals surface area contributed by atoms with Crippen LogP contribution in [0.2, 0.25) is 0 Å². The summed E-state index contributed by atoms with van der Waals surface area (Å²) in [6.45, 7) is -1.09. The Kier molecular flexibility index (Phi) is 2.93. The van der Waals surface area contributed by atoms with Gasteiger partial charge in [0.15, 0.2) is 13.0 Å². The van der Waals surface area contributed by atoms with Gasteiger partial charge >= 0.3 is 6.11 Å². The van der Waals surface area contributed by atoms with Crippen LogP contribution in [-0.4, -0.2) is 19.1 Å². The molecule has 1 unspecified atom stereocenters. The number of ether oxygens (including phenoxy) is 1. The Balaban J connectivity index is 3.58. The van der Waals surface area contributed by atoms with Gasteiger partial charge in [-0.25, -0.2) is 9.50 Å². The van der Waals surface area contributed by atoms with Crippen molar-refractivity contribution in [2.24, 2.45) is 0 Å². The fraction of sp³-hybridized carbons (Fsp3) is 1.00. The molecule has 0 amide bonds. The fourth-order valence-electron chi connectivity index (χ4n) is 0.274. The van der Waals surface area contributed by atoms with Crippen LogP contribution in [0.4, 0.5) is 13.2 Å². The molecule has 0 aromatic rings. The van der Waals surface area contributed by atoms with Crippen molar-refractivity contribution in [1.82, 2.24) is 0 Å². The first kappa shape index (κ1) is 8.71. The maximum absolute atomic E-state index is 11.6. The van der Waals surface area contributed by atoms with Crippen molar-refractivity contribution in [3.05, 3.63) is 0 Å². The molecule has 0 N–H and O–H groups in total. The van der Waals surface area contributed by atoms with Gasteiger partial charge in [-0.3, -0.25) is 4.74 Å². The van der Waals surface area contributed by atoms with Gasteiger partial charge in [-0.1, -0.05) is 0 Å². The van der Waals surface area contributed by atoms with E-state index in [1.807, 2.05) is 0 Å². The molecule has 0 bridgehead atoms. The summed E-state index contributed by atoms with van der Waals surface area (Å²) < 4.78 is 37.7. The molecule has 0 aliphatic rings. The quantitative estimate of drug-likeness (QED) is 0.548. The molecule has 1 radical (unpaired) electrons. The topological polar surface area (TPSA) is 29.1 Å². The van der Waals surface area contributed by atoms with Gasteiger partial charge in [0.05, 0.1) is 0 Å². The highest BCUT2D eigenvalue weighted by atomic mass is 19.3. The summed E-state index contributed by atoms with van der Waals surface area (Å²) >= 11 is 0. The van der Waals surface area contributed by atoms with Gasteiger partial charge in [-0.05, 0) is 6.92 Å². The van der Waals surface area contributed by atoms with E-state index in [1.54, 1.807) is 0 Å². The number of alkyl halides is 3. The summed E-state index contributed by atoms with van der Waals surface area (Å²) in [5, 5.41) is 9.83. The van der Waals surface area contributed by atoms with E-state index in [9.17, 15) is 18.3 Å². The number of rotatable bonds is 3. The zero-order valence-corrected chi connectivity index (χ0v) is 4.73. The molecule has 0 aromatic carbocycles. The first-order chi connectivity index (χ1) is 3.98. The largest absolute Gasteiger partial charge is 0.386 e. The third-order valence-corrected chi connectivity index (χ3v) is 0.494. The Morgan fingerprint density at radius 1 is 1.67 bits per heavy atom. The smallest absolute Gasteiger partial charge is 0.286 e. The lowest BCUT2D eigenvalue weighted by atomic mass is 10.6. The normalized spacial score (nSPS) is 15.7. The standard InChI is InChI=1S/C4H6F3O2/c1-3(8)9-4(6,7)2-5/h3H,2H2,1H3. The second kappa shape index (κ2) is 3.03. The third-order valence-electron chi connectivity index (χ3n) is 0.494. The van der Waals surface area contributed by atoms with Crippen LogP contribution in [0, 0.1) is 0 Å². The van der Waals surface area contributed by atoms with Crippen molar-refractivity contribution in [2.75, 3.05) is 6.67 Å². The summed E-state index contributed by atoms with van der Waals surface area (Å²) in [4.78, 5) is 0. The second-order valence-corrected chi connectivity index (χ2v) is 1.46. The Labute approximate surface area is 50.2 Å². The molecule has 9 heavy (non-hydrogen) atoms. The fourth-order valence-corrected chi connectivity index (χ4v) is 0.274. The van der Waals surface area contributed by atoms with Crippen molar-refractivity contribution in [3.8, 4) is 0 Å². The minimum absolute atomic E-state index is 0.865. The number of hydrogen-bond acceptors (Lipinski definition) is 1. The van der Waals surface area contributed by atoms with E-state index in [4.69, 9.17) is 0 Å². The van der Waals surface area contributed by atoms with Crippen molar-refractivity contribution < 1.29 is 23.0 Å². The average Bonchev–Trinajstić information content (AvgIpc) is 1.63. The van der Waals surface area contributed by atoms with Gasteiger partial charge in [0.2, 0.25) is 0 Å². The molecule has 0 aliphatic carbocycles. The molecule has 0 aliphatic heterocycles. The SMILES string of the molecule is CC([O])OC(F)(F)CF. The number of hydrogen-bond donors (Lipinski definition) is 0. The monoisotopic (exact) mass is 143 g/mol. The maximum atomic E-state index is 11.6. The van der Waals surface area contributed by atoms with E-state index in [0.717, 1.165) is 6.92 Å². The lowest BCUT2D eigenvalue weighted by Crippen LogP contribution is -2.27. The molecule has 0 saturated carbocycles. The molecule has 0 saturated heterocycles. The predicted octanol–water partition coefficient (Wildman–Crippen LogP) is 1.34. The molecule has 0 rings (SSSR count). The Morgan fingerprint density at radius 2 is 2.11 bits per heavy atom. The molecule has 1 atom stereocenters. The second-order valence-electron chi connectivity index (χ2n) is 1.46. The highest BCUT2D eigenvalue weighted by Crippen LogP contribution is 2.16. The van der Waals surface area contributed by atoms with E-state index in [-0.39, 0.29) is 0 Å². The van der Waals surface area contributed by atoms with Crippen molar-refractivity contribution in [3.63, 3.8) is 0 Å². The van der Waals surface area contributed by atoms with Crippen LogP contribution in [0.5, 0.6) is 0 Å². The van der Waals surface area contributed by atoms with Gasteiger partial charge in [0.25, 0.3) is 0 Å². The molecule has 0 spiro atoms. The first-order valence-corrected chi connectivity index (χ1v) is 2.25. The van der Waals surface area contributed by atoms with E-state index in [0.29, 0.717) is 0 Å². The first-order valence-electron chi connectivity index (χ1n) is 2.25. The zero-order chi connectivity index (χ0) is 7.49. The Morgan fingerprint density at radius 3 is 2.22 bits per heavy atom. The molecule has 0 heterocycles. The minimum atomic E-state index is -3.92. The van der Waals surface area contributed by atoms with Crippen molar-refractivity contribution in [1.29, 1.82) is 0 Å². The Hall–Kier alpha value is -0.290. The van der Waals surface area contributed by atoms with Gasteiger partial charge in [0, 0.05) is 0 Å². The summed E-state index contributed by atoms with van der Waals surface area (Å²) in [6, 6.07) is 0. The van der Waals surface area contributed by atoms with Gasteiger partial charge in [-0.2, -0.15) is 8.78 Å². The van der Waals surface area contributed by atoms with Crippen molar-refractivity contribution >= 4 is 0 Å². The van der Waals surface area contributed by atoms with Crippen LogP contribution < -0.4 is 0 Å². The summed E-state index contributed by atoms with van der Waals surface area (Å²) in [6.07, 6.45) is -5.81. The van der Waals surface area contributed by atoms with Crippen LogP contribution in [0.1, 0.15) is 6.92 Å². The molecule has 0 fully saturated rings. The van der Waals surface area contributed by atoms with E-state index in [1.165, 1.54) is 0 Å². The van der Waals surface area contributed by atoms with Gasteiger partial charge in [0.1, 0.15) is 0 Å². The Bertz CT molecular complexity index is 83.9. The zero-order valence-electron chi connectivity index (χ0n) is 4.73. The molecule has 55 valence electrons. The van der Waals surface area contributed by atoms with Crippen LogP contribution in [0.25, 0.3) is 0 Å². The van der Waals surface area contributed by atoms with Gasteiger partial charge < -0.3 is 0 Å². The van der Waals surface area contributed by atoms with Crippen LogP contribution in [0.15, 0.2) is 0 Å².